The van der Waals surface area contributed by atoms with Gasteiger partial charge >= 0.3 is 5.97 Å². The Bertz CT molecular complexity index is 1130. The maximum absolute atomic E-state index is 11.2. The Hall–Kier alpha value is -2.61. The minimum atomic E-state index is -0.749. The summed E-state index contributed by atoms with van der Waals surface area (Å²) in [5.74, 6) is 0.674. The molecule has 8 heteroatoms. The van der Waals surface area contributed by atoms with Gasteiger partial charge in [-0.15, -0.1) is 0 Å². The summed E-state index contributed by atoms with van der Waals surface area (Å²) < 4.78 is 10.9. The van der Waals surface area contributed by atoms with Gasteiger partial charge in [-0.25, -0.2) is 0 Å². The highest BCUT2D eigenvalue weighted by Gasteiger charge is 2.12. The molecule has 0 spiro atoms. The zero-order valence-electron chi connectivity index (χ0n) is 20.9. The fraction of sp³-hybridized carbons (Fsp3) is 0.345. The molecule has 0 aromatic heterocycles. The van der Waals surface area contributed by atoms with Crippen LogP contribution in [0.1, 0.15) is 48.1 Å². The van der Waals surface area contributed by atoms with E-state index >= 15 is 0 Å². The van der Waals surface area contributed by atoms with Crippen LogP contribution in [0, 0.1) is 0 Å². The van der Waals surface area contributed by atoms with E-state index in [1.165, 1.54) is 6.92 Å². The lowest BCUT2D eigenvalue weighted by atomic mass is 10.0. The van der Waals surface area contributed by atoms with Crippen LogP contribution < -0.4 is 14.8 Å². The number of hydrogen-bond acceptors (Lipinski definition) is 6. The van der Waals surface area contributed by atoms with Crippen molar-refractivity contribution in [1.82, 2.24) is 5.32 Å². The minimum absolute atomic E-state index is 0.284. The van der Waals surface area contributed by atoms with Gasteiger partial charge in [-0.2, -0.15) is 0 Å². The highest BCUT2D eigenvalue weighted by Crippen LogP contribution is 2.26. The van der Waals surface area contributed by atoms with Crippen molar-refractivity contribution < 1.29 is 24.5 Å². The molecular formula is C29H33Cl2NO5. The van der Waals surface area contributed by atoms with Crippen molar-refractivity contribution in [2.45, 2.75) is 45.3 Å². The number of aliphatic hydroxyl groups is 2. The second-order valence-corrected chi connectivity index (χ2v) is 9.55. The lowest BCUT2D eigenvalue weighted by molar-refractivity contribution is -0.131. The summed E-state index contributed by atoms with van der Waals surface area (Å²) in [7, 11) is 0. The first-order valence-electron chi connectivity index (χ1n) is 12.3. The molecule has 0 aliphatic carbocycles. The highest BCUT2D eigenvalue weighted by atomic mass is 35.5. The Balaban J connectivity index is 1.34. The van der Waals surface area contributed by atoms with Crippen molar-refractivity contribution in [3.63, 3.8) is 0 Å². The standard InChI is InChI=1S/C29H33Cl2NO5/c1-20(34)37-29-13-10-22(17-23(29)19-33)28(35)18-32-15-14-21-8-11-24(12-9-21)36-16-3-2-5-25-26(30)6-4-7-27(25)31/h4,6-13,17,28,32-33,35H,2-3,5,14-16,18-19H2,1H3/t28-/m0/s1. The topological polar surface area (TPSA) is 88.0 Å². The largest absolute Gasteiger partial charge is 0.494 e. The highest BCUT2D eigenvalue weighted by molar-refractivity contribution is 6.35. The van der Waals surface area contributed by atoms with Crippen molar-refractivity contribution in [2.24, 2.45) is 0 Å². The molecule has 1 atom stereocenters. The number of nitrogens with one attached hydrogen (secondary N) is 1. The first kappa shape index (κ1) is 29.0. The van der Waals surface area contributed by atoms with E-state index < -0.39 is 12.1 Å². The van der Waals surface area contributed by atoms with Crippen LogP contribution in [-0.2, 0) is 24.2 Å². The van der Waals surface area contributed by atoms with Crippen molar-refractivity contribution in [2.75, 3.05) is 19.7 Å². The second-order valence-electron chi connectivity index (χ2n) is 8.74. The SMILES string of the molecule is CC(=O)Oc1ccc([C@@H](O)CNCCc2ccc(OCCCCc3c(Cl)cccc3Cl)cc2)cc1CO. The van der Waals surface area contributed by atoms with Crippen LogP contribution >= 0.6 is 23.2 Å². The zero-order chi connectivity index (χ0) is 26.6. The van der Waals surface area contributed by atoms with Gasteiger partial charge in [0.1, 0.15) is 11.5 Å². The molecule has 37 heavy (non-hydrogen) atoms. The molecule has 3 N–H and O–H groups in total. The van der Waals surface area contributed by atoms with Crippen LogP contribution in [0.5, 0.6) is 11.5 Å². The number of aliphatic hydroxyl groups excluding tert-OH is 2. The number of unbranched alkanes of at least 4 members (excludes halogenated alkanes) is 1. The van der Waals surface area contributed by atoms with Crippen molar-refractivity contribution in [1.29, 1.82) is 0 Å². The van der Waals surface area contributed by atoms with Crippen LogP contribution in [0.4, 0.5) is 0 Å². The van der Waals surface area contributed by atoms with E-state index in [1.54, 1.807) is 18.2 Å². The summed E-state index contributed by atoms with van der Waals surface area (Å²) in [6.07, 6.45) is 2.73. The normalized spacial score (nSPS) is 11.8. The van der Waals surface area contributed by atoms with Crippen molar-refractivity contribution in [3.05, 3.63) is 93.0 Å². The number of ether oxygens (including phenoxy) is 2. The monoisotopic (exact) mass is 545 g/mol. The molecule has 0 heterocycles. The summed E-state index contributed by atoms with van der Waals surface area (Å²) >= 11 is 12.4. The van der Waals surface area contributed by atoms with Crippen LogP contribution in [-0.4, -0.2) is 35.9 Å². The smallest absolute Gasteiger partial charge is 0.308 e. The van der Waals surface area contributed by atoms with Gasteiger partial charge in [-0.05, 0) is 85.3 Å². The molecule has 3 rings (SSSR count). The van der Waals surface area contributed by atoms with E-state index in [0.29, 0.717) is 46.6 Å². The average Bonchev–Trinajstić information content (AvgIpc) is 2.88. The van der Waals surface area contributed by atoms with E-state index in [4.69, 9.17) is 32.7 Å². The van der Waals surface area contributed by atoms with Gasteiger partial charge in [0.2, 0.25) is 0 Å². The quantitative estimate of drug-likeness (QED) is 0.137. The van der Waals surface area contributed by atoms with Crippen LogP contribution in [0.25, 0.3) is 0 Å². The Morgan fingerprint density at radius 2 is 1.73 bits per heavy atom. The fourth-order valence-electron chi connectivity index (χ4n) is 3.89. The van der Waals surface area contributed by atoms with Gasteiger partial charge in [-0.3, -0.25) is 4.79 Å². The number of hydrogen-bond donors (Lipinski definition) is 3. The molecule has 3 aromatic rings. The van der Waals surface area contributed by atoms with E-state index in [1.807, 2.05) is 42.5 Å². The molecule has 0 unspecified atom stereocenters. The molecule has 6 nitrogen and oxygen atoms in total. The predicted molar refractivity (Wildman–Crippen MR) is 147 cm³/mol. The molecule has 0 aliphatic rings. The Morgan fingerprint density at radius 1 is 1.00 bits per heavy atom. The number of esters is 1. The summed E-state index contributed by atoms with van der Waals surface area (Å²) in [6.45, 7) is 2.70. The van der Waals surface area contributed by atoms with Crippen LogP contribution in [0.15, 0.2) is 60.7 Å². The maximum atomic E-state index is 11.2. The van der Waals surface area contributed by atoms with Gasteiger partial charge in [-0.1, -0.05) is 47.5 Å². The first-order valence-corrected chi connectivity index (χ1v) is 13.1. The summed E-state index contributed by atoms with van der Waals surface area (Å²) in [5.41, 5.74) is 3.25. The Morgan fingerprint density at radius 3 is 2.41 bits per heavy atom. The minimum Gasteiger partial charge on any atom is -0.494 e. The Labute approximate surface area is 228 Å². The van der Waals surface area contributed by atoms with Crippen LogP contribution in [0.2, 0.25) is 10.0 Å². The molecule has 198 valence electrons. The van der Waals surface area contributed by atoms with E-state index in [0.717, 1.165) is 42.6 Å². The molecule has 0 saturated heterocycles. The fourth-order valence-corrected chi connectivity index (χ4v) is 4.48. The van der Waals surface area contributed by atoms with E-state index in [2.05, 4.69) is 5.32 Å². The molecule has 0 amide bonds. The molecule has 3 aromatic carbocycles. The molecule has 0 saturated carbocycles. The summed E-state index contributed by atoms with van der Waals surface area (Å²) in [4.78, 5) is 11.2. The van der Waals surface area contributed by atoms with Gasteiger partial charge in [0.05, 0.1) is 19.3 Å². The maximum Gasteiger partial charge on any atom is 0.308 e. The number of carbonyl (C=O) groups excluding carboxylic acids is 1. The van der Waals surface area contributed by atoms with E-state index in [-0.39, 0.29) is 6.61 Å². The lowest BCUT2D eigenvalue weighted by Gasteiger charge is -2.15. The first-order chi connectivity index (χ1) is 17.9. The summed E-state index contributed by atoms with van der Waals surface area (Å²) in [6, 6.07) is 18.5. The molecule has 0 fully saturated rings. The second kappa shape index (κ2) is 15.0. The lowest BCUT2D eigenvalue weighted by Crippen LogP contribution is -2.23. The van der Waals surface area contributed by atoms with Gasteiger partial charge in [0, 0.05) is 29.1 Å². The number of halogens is 2. The van der Waals surface area contributed by atoms with Crippen molar-refractivity contribution in [3.8, 4) is 11.5 Å². The molecule has 0 radical (unpaired) electrons. The number of carbonyl (C=O) groups is 1. The predicted octanol–water partition coefficient (Wildman–Crippen LogP) is 5.68. The molecule has 0 bridgehead atoms. The third-order valence-electron chi connectivity index (χ3n) is 5.90. The number of benzene rings is 3. The summed E-state index contributed by atoms with van der Waals surface area (Å²) in [5, 5.41) is 24.7. The van der Waals surface area contributed by atoms with Crippen molar-refractivity contribution >= 4 is 29.2 Å². The van der Waals surface area contributed by atoms with E-state index in [9.17, 15) is 15.0 Å². The van der Waals surface area contributed by atoms with Gasteiger partial charge in [0.25, 0.3) is 0 Å². The zero-order valence-corrected chi connectivity index (χ0v) is 22.4. The third-order valence-corrected chi connectivity index (χ3v) is 6.60. The van der Waals surface area contributed by atoms with Crippen LogP contribution in [0.3, 0.4) is 0 Å². The molecular weight excluding hydrogens is 513 g/mol. The average molecular weight is 546 g/mol. The van der Waals surface area contributed by atoms with Gasteiger partial charge < -0.3 is 25.0 Å². The number of rotatable bonds is 14. The van der Waals surface area contributed by atoms with Gasteiger partial charge in [0.15, 0.2) is 0 Å². The molecule has 0 aliphatic heterocycles. The Kier molecular flexibility index (Phi) is 11.7. The third kappa shape index (κ3) is 9.33.